The SMILES string of the molecule is CCN1CCCC1CNC(=O)C1CCC(=O)N(c2ccc(C)cc2)C1c1ccc(OC)cc1. The highest BCUT2D eigenvalue weighted by Gasteiger charge is 2.41. The van der Waals surface area contributed by atoms with Crippen molar-refractivity contribution in [1.82, 2.24) is 10.2 Å². The maximum absolute atomic E-state index is 13.5. The summed E-state index contributed by atoms with van der Waals surface area (Å²) in [4.78, 5) is 30.9. The predicted octanol–water partition coefficient (Wildman–Crippen LogP) is 4.09. The minimum atomic E-state index is -0.356. The molecule has 0 aromatic heterocycles. The number of amides is 2. The van der Waals surface area contributed by atoms with Gasteiger partial charge >= 0.3 is 0 Å². The molecule has 0 radical (unpaired) electrons. The molecule has 2 amide bonds. The fourth-order valence-electron chi connectivity index (χ4n) is 5.25. The summed E-state index contributed by atoms with van der Waals surface area (Å²) in [5.74, 6) is 0.526. The summed E-state index contributed by atoms with van der Waals surface area (Å²) in [6.07, 6.45) is 3.21. The van der Waals surface area contributed by atoms with Crippen molar-refractivity contribution in [3.05, 3.63) is 59.7 Å². The Kier molecular flexibility index (Phi) is 7.33. The largest absolute Gasteiger partial charge is 0.497 e. The molecule has 0 spiro atoms. The first kappa shape index (κ1) is 23.3. The van der Waals surface area contributed by atoms with E-state index >= 15 is 0 Å². The zero-order chi connectivity index (χ0) is 23.4. The third-order valence-corrected chi connectivity index (χ3v) is 7.12. The Balaban J connectivity index is 1.62. The Morgan fingerprint density at radius 2 is 1.82 bits per heavy atom. The smallest absolute Gasteiger partial charge is 0.227 e. The van der Waals surface area contributed by atoms with Crippen LogP contribution in [0.3, 0.4) is 0 Å². The number of carbonyl (C=O) groups is 2. The predicted molar refractivity (Wildman–Crippen MR) is 130 cm³/mol. The summed E-state index contributed by atoms with van der Waals surface area (Å²) in [5, 5.41) is 3.23. The standard InChI is InChI=1S/C27H35N3O3/c1-4-29-17-5-6-22(29)18-28-27(32)24-15-16-25(31)30(21-11-7-19(2)8-12-21)26(24)20-9-13-23(33-3)14-10-20/h7-14,22,24,26H,4-6,15-18H2,1-3H3,(H,28,32). The van der Waals surface area contributed by atoms with Crippen LogP contribution in [0.1, 0.15) is 49.8 Å². The lowest BCUT2D eigenvalue weighted by Crippen LogP contribution is -2.50. The summed E-state index contributed by atoms with van der Waals surface area (Å²) >= 11 is 0. The normalized spacial score (nSPS) is 23.5. The average Bonchev–Trinajstić information content (AvgIpc) is 3.31. The van der Waals surface area contributed by atoms with Gasteiger partial charge in [0.15, 0.2) is 0 Å². The molecule has 2 heterocycles. The number of hydrogen-bond donors (Lipinski definition) is 1. The number of hydrogen-bond acceptors (Lipinski definition) is 4. The van der Waals surface area contributed by atoms with Gasteiger partial charge in [-0.15, -0.1) is 0 Å². The number of rotatable bonds is 7. The van der Waals surface area contributed by atoms with Crippen LogP contribution in [0.4, 0.5) is 5.69 Å². The third-order valence-electron chi connectivity index (χ3n) is 7.12. The Morgan fingerprint density at radius 3 is 2.48 bits per heavy atom. The first-order valence-corrected chi connectivity index (χ1v) is 12.1. The fourth-order valence-corrected chi connectivity index (χ4v) is 5.25. The van der Waals surface area contributed by atoms with Gasteiger partial charge in [-0.3, -0.25) is 14.5 Å². The van der Waals surface area contributed by atoms with Crippen molar-refractivity contribution in [3.63, 3.8) is 0 Å². The molecule has 2 aromatic carbocycles. The zero-order valence-corrected chi connectivity index (χ0v) is 19.9. The molecule has 2 aromatic rings. The van der Waals surface area contributed by atoms with E-state index in [1.807, 2.05) is 60.4 Å². The molecule has 0 saturated carbocycles. The second kappa shape index (κ2) is 10.4. The Hall–Kier alpha value is -2.86. The van der Waals surface area contributed by atoms with Crippen LogP contribution in [-0.2, 0) is 9.59 Å². The highest BCUT2D eigenvalue weighted by Crippen LogP contribution is 2.40. The monoisotopic (exact) mass is 449 g/mol. The van der Waals surface area contributed by atoms with Crippen LogP contribution >= 0.6 is 0 Å². The van der Waals surface area contributed by atoms with Gasteiger partial charge in [0.25, 0.3) is 0 Å². The van der Waals surface area contributed by atoms with E-state index in [1.54, 1.807) is 7.11 Å². The number of likely N-dealkylation sites (N-methyl/N-ethyl adjacent to an activating group) is 1. The van der Waals surface area contributed by atoms with Crippen LogP contribution in [0.2, 0.25) is 0 Å². The number of benzene rings is 2. The molecule has 2 saturated heterocycles. The minimum Gasteiger partial charge on any atom is -0.497 e. The van der Waals surface area contributed by atoms with Gasteiger partial charge in [-0.2, -0.15) is 0 Å². The lowest BCUT2D eigenvalue weighted by atomic mass is 9.83. The highest BCUT2D eigenvalue weighted by atomic mass is 16.5. The van der Waals surface area contributed by atoms with E-state index in [2.05, 4.69) is 17.1 Å². The number of aryl methyl sites for hydroxylation is 1. The van der Waals surface area contributed by atoms with Crippen LogP contribution in [-0.4, -0.2) is 49.5 Å². The van der Waals surface area contributed by atoms with E-state index in [0.717, 1.165) is 42.1 Å². The van der Waals surface area contributed by atoms with E-state index in [-0.39, 0.29) is 23.8 Å². The van der Waals surface area contributed by atoms with Gasteiger partial charge in [0.05, 0.1) is 19.1 Å². The molecule has 2 aliphatic rings. The molecule has 6 heteroatoms. The molecule has 4 rings (SSSR count). The van der Waals surface area contributed by atoms with Gasteiger partial charge in [0.1, 0.15) is 5.75 Å². The summed E-state index contributed by atoms with van der Waals surface area (Å²) in [6.45, 7) is 6.98. The number of anilines is 1. The van der Waals surface area contributed by atoms with Gasteiger partial charge in [0, 0.05) is 24.7 Å². The molecule has 0 aliphatic carbocycles. The summed E-state index contributed by atoms with van der Waals surface area (Å²) in [7, 11) is 1.64. The average molecular weight is 450 g/mol. The molecule has 2 aliphatic heterocycles. The molecule has 1 N–H and O–H groups in total. The lowest BCUT2D eigenvalue weighted by Gasteiger charge is -2.41. The maximum atomic E-state index is 13.5. The molecular weight excluding hydrogens is 414 g/mol. The number of ether oxygens (including phenoxy) is 1. The zero-order valence-electron chi connectivity index (χ0n) is 19.9. The maximum Gasteiger partial charge on any atom is 0.227 e. The number of carbonyl (C=O) groups excluding carboxylic acids is 2. The summed E-state index contributed by atoms with van der Waals surface area (Å²) < 4.78 is 5.33. The first-order chi connectivity index (χ1) is 16.0. The van der Waals surface area contributed by atoms with Crippen molar-refractivity contribution in [1.29, 1.82) is 0 Å². The molecular formula is C27H35N3O3. The number of methoxy groups -OCH3 is 1. The van der Waals surface area contributed by atoms with E-state index < -0.39 is 0 Å². The lowest BCUT2D eigenvalue weighted by molar-refractivity contribution is -0.129. The number of piperidine rings is 1. The molecule has 2 fully saturated rings. The first-order valence-electron chi connectivity index (χ1n) is 12.1. The second-order valence-electron chi connectivity index (χ2n) is 9.13. The third kappa shape index (κ3) is 5.06. The van der Waals surface area contributed by atoms with Crippen molar-refractivity contribution in [2.75, 3.05) is 31.6 Å². The van der Waals surface area contributed by atoms with E-state index in [4.69, 9.17) is 4.74 Å². The highest BCUT2D eigenvalue weighted by molar-refractivity contribution is 5.97. The van der Waals surface area contributed by atoms with Crippen LogP contribution in [0.5, 0.6) is 5.75 Å². The van der Waals surface area contributed by atoms with Crippen molar-refractivity contribution in [3.8, 4) is 5.75 Å². The van der Waals surface area contributed by atoms with E-state index in [9.17, 15) is 9.59 Å². The molecule has 0 bridgehead atoms. The van der Waals surface area contributed by atoms with Crippen LogP contribution in [0, 0.1) is 12.8 Å². The van der Waals surface area contributed by atoms with E-state index in [1.165, 1.54) is 6.42 Å². The van der Waals surface area contributed by atoms with Crippen molar-refractivity contribution in [2.45, 2.75) is 51.6 Å². The number of nitrogens with one attached hydrogen (secondary N) is 1. The second-order valence-corrected chi connectivity index (χ2v) is 9.13. The van der Waals surface area contributed by atoms with Gasteiger partial charge in [-0.1, -0.05) is 36.8 Å². The molecule has 33 heavy (non-hydrogen) atoms. The fraction of sp³-hybridized carbons (Fsp3) is 0.481. The van der Waals surface area contributed by atoms with Gasteiger partial charge in [-0.25, -0.2) is 0 Å². The number of nitrogens with zero attached hydrogens (tertiary/aromatic N) is 2. The Morgan fingerprint density at radius 1 is 1.09 bits per heavy atom. The quantitative estimate of drug-likeness (QED) is 0.692. The summed E-state index contributed by atoms with van der Waals surface area (Å²) in [5.41, 5.74) is 2.91. The Labute approximate surface area is 196 Å². The van der Waals surface area contributed by atoms with Gasteiger partial charge in [-0.05, 0) is 69.1 Å². The van der Waals surface area contributed by atoms with Crippen LogP contribution in [0.25, 0.3) is 0 Å². The van der Waals surface area contributed by atoms with E-state index in [0.29, 0.717) is 25.4 Å². The van der Waals surface area contributed by atoms with Crippen molar-refractivity contribution >= 4 is 17.5 Å². The molecule has 3 atom stereocenters. The van der Waals surface area contributed by atoms with Crippen molar-refractivity contribution in [2.24, 2.45) is 5.92 Å². The van der Waals surface area contributed by atoms with Crippen molar-refractivity contribution < 1.29 is 14.3 Å². The van der Waals surface area contributed by atoms with Crippen LogP contribution in [0.15, 0.2) is 48.5 Å². The van der Waals surface area contributed by atoms with Gasteiger partial charge < -0.3 is 15.0 Å². The Bertz CT molecular complexity index is 958. The van der Waals surface area contributed by atoms with Crippen LogP contribution < -0.4 is 15.0 Å². The minimum absolute atomic E-state index is 0.0309. The van der Waals surface area contributed by atoms with Gasteiger partial charge in [0.2, 0.25) is 11.8 Å². The topological polar surface area (TPSA) is 61.9 Å². The molecule has 6 nitrogen and oxygen atoms in total. The summed E-state index contributed by atoms with van der Waals surface area (Å²) in [6, 6.07) is 15.8. The molecule has 176 valence electrons. The number of likely N-dealkylation sites (tertiary alicyclic amines) is 1. The molecule has 3 unspecified atom stereocenters.